The Morgan fingerprint density at radius 1 is 1.05 bits per heavy atom. The van der Waals surface area contributed by atoms with Gasteiger partial charge in [-0.1, -0.05) is 30.3 Å². The van der Waals surface area contributed by atoms with E-state index in [2.05, 4.69) is 24.4 Å². The van der Waals surface area contributed by atoms with Crippen LogP contribution in [0.2, 0.25) is 0 Å². The predicted octanol–water partition coefficient (Wildman–Crippen LogP) is 4.12. The molecule has 0 aliphatic rings. The third-order valence-electron chi connectivity index (χ3n) is 3.61. The Bertz CT molecular complexity index is 568. The molecule has 1 N–H and O–H groups in total. The zero-order valence-electron chi connectivity index (χ0n) is 12.8. The van der Waals surface area contributed by atoms with Crippen LogP contribution in [-0.4, -0.2) is 13.2 Å². The van der Waals surface area contributed by atoms with Crippen LogP contribution in [-0.2, 0) is 6.42 Å². The van der Waals surface area contributed by atoms with Crippen molar-refractivity contribution in [2.24, 2.45) is 0 Å². The maximum atomic E-state index is 13.7. The van der Waals surface area contributed by atoms with Crippen molar-refractivity contribution in [3.63, 3.8) is 0 Å². The molecule has 2 aromatic rings. The van der Waals surface area contributed by atoms with Gasteiger partial charge in [0.2, 0.25) is 0 Å². The van der Waals surface area contributed by atoms with Crippen molar-refractivity contribution < 1.29 is 9.13 Å². The fourth-order valence-corrected chi connectivity index (χ4v) is 2.52. The summed E-state index contributed by atoms with van der Waals surface area (Å²) in [6.07, 6.45) is 0.892. The van der Waals surface area contributed by atoms with Gasteiger partial charge in [-0.15, -0.1) is 0 Å². The molecule has 0 aliphatic carbocycles. The molecule has 0 spiro atoms. The summed E-state index contributed by atoms with van der Waals surface area (Å²) in [5, 5.41) is 3.44. The number of rotatable bonds is 6. The van der Waals surface area contributed by atoms with Crippen molar-refractivity contribution in [3.05, 3.63) is 65.5 Å². The fourth-order valence-electron chi connectivity index (χ4n) is 2.52. The SMILES string of the molecule is COc1ccc(CC(C)N[C@H](C)c2ccccc2F)cc1. The Hall–Kier alpha value is -1.87. The van der Waals surface area contributed by atoms with E-state index in [1.807, 2.05) is 31.2 Å². The Labute approximate surface area is 126 Å². The van der Waals surface area contributed by atoms with Gasteiger partial charge in [0.15, 0.2) is 0 Å². The third kappa shape index (κ3) is 4.30. The van der Waals surface area contributed by atoms with Crippen LogP contribution >= 0.6 is 0 Å². The number of benzene rings is 2. The molecule has 0 saturated carbocycles. The predicted molar refractivity (Wildman–Crippen MR) is 84.1 cm³/mol. The molecule has 0 aromatic heterocycles. The summed E-state index contributed by atoms with van der Waals surface area (Å²) in [7, 11) is 1.66. The van der Waals surface area contributed by atoms with E-state index >= 15 is 0 Å². The molecule has 112 valence electrons. The van der Waals surface area contributed by atoms with Crippen LogP contribution in [0.5, 0.6) is 5.75 Å². The lowest BCUT2D eigenvalue weighted by atomic mass is 10.0. The Balaban J connectivity index is 1.94. The minimum Gasteiger partial charge on any atom is -0.497 e. The summed E-state index contributed by atoms with van der Waals surface area (Å²) in [5.41, 5.74) is 1.94. The van der Waals surface area contributed by atoms with Gasteiger partial charge in [-0.3, -0.25) is 0 Å². The van der Waals surface area contributed by atoms with E-state index < -0.39 is 0 Å². The molecule has 0 amide bonds. The first-order valence-corrected chi connectivity index (χ1v) is 7.23. The molecule has 1 unspecified atom stereocenters. The van der Waals surface area contributed by atoms with Crippen LogP contribution in [0.1, 0.15) is 31.0 Å². The molecule has 2 aromatic carbocycles. The van der Waals surface area contributed by atoms with Gasteiger partial charge in [0.25, 0.3) is 0 Å². The van der Waals surface area contributed by atoms with Gasteiger partial charge >= 0.3 is 0 Å². The number of hydrogen-bond donors (Lipinski definition) is 1. The maximum absolute atomic E-state index is 13.7. The van der Waals surface area contributed by atoms with Crippen LogP contribution < -0.4 is 10.1 Å². The largest absolute Gasteiger partial charge is 0.497 e. The lowest BCUT2D eigenvalue weighted by Gasteiger charge is -2.21. The van der Waals surface area contributed by atoms with Crippen LogP contribution in [0.25, 0.3) is 0 Å². The van der Waals surface area contributed by atoms with Crippen molar-refractivity contribution in [2.75, 3.05) is 7.11 Å². The summed E-state index contributed by atoms with van der Waals surface area (Å²) in [4.78, 5) is 0. The smallest absolute Gasteiger partial charge is 0.127 e. The van der Waals surface area contributed by atoms with E-state index in [1.54, 1.807) is 13.2 Å². The Morgan fingerprint density at radius 3 is 2.33 bits per heavy atom. The lowest BCUT2D eigenvalue weighted by molar-refractivity contribution is 0.414. The van der Waals surface area contributed by atoms with E-state index in [-0.39, 0.29) is 17.9 Å². The van der Waals surface area contributed by atoms with Gasteiger partial charge in [-0.25, -0.2) is 4.39 Å². The zero-order valence-corrected chi connectivity index (χ0v) is 12.8. The highest BCUT2D eigenvalue weighted by Crippen LogP contribution is 2.18. The lowest BCUT2D eigenvalue weighted by Crippen LogP contribution is -2.31. The number of halogens is 1. The molecule has 0 bridgehead atoms. The van der Waals surface area contributed by atoms with E-state index in [9.17, 15) is 4.39 Å². The van der Waals surface area contributed by atoms with E-state index in [0.717, 1.165) is 12.2 Å². The van der Waals surface area contributed by atoms with Gasteiger partial charge in [0, 0.05) is 17.6 Å². The van der Waals surface area contributed by atoms with E-state index in [4.69, 9.17) is 4.74 Å². The summed E-state index contributed by atoms with van der Waals surface area (Å²) in [5.74, 6) is 0.702. The molecule has 2 nitrogen and oxygen atoms in total. The van der Waals surface area contributed by atoms with Crippen molar-refractivity contribution in [1.82, 2.24) is 5.32 Å². The Morgan fingerprint density at radius 2 is 1.71 bits per heavy atom. The average molecular weight is 287 g/mol. The molecule has 2 rings (SSSR count). The minimum absolute atomic E-state index is 0.0144. The maximum Gasteiger partial charge on any atom is 0.127 e. The Kier molecular flexibility index (Phi) is 5.34. The first-order chi connectivity index (χ1) is 10.1. The van der Waals surface area contributed by atoms with Crippen molar-refractivity contribution in [3.8, 4) is 5.75 Å². The topological polar surface area (TPSA) is 21.3 Å². The van der Waals surface area contributed by atoms with Crippen molar-refractivity contribution in [1.29, 1.82) is 0 Å². The third-order valence-corrected chi connectivity index (χ3v) is 3.61. The molecule has 0 aliphatic heterocycles. The average Bonchev–Trinajstić information content (AvgIpc) is 2.48. The molecule has 0 saturated heterocycles. The summed E-state index contributed by atoms with van der Waals surface area (Å²) >= 11 is 0. The van der Waals surface area contributed by atoms with E-state index in [0.29, 0.717) is 5.56 Å². The minimum atomic E-state index is -0.158. The van der Waals surface area contributed by atoms with Gasteiger partial charge in [-0.2, -0.15) is 0 Å². The van der Waals surface area contributed by atoms with Crippen LogP contribution in [0, 0.1) is 5.82 Å². The highest BCUT2D eigenvalue weighted by Gasteiger charge is 2.13. The molecule has 2 atom stereocenters. The summed E-state index contributed by atoms with van der Waals surface area (Å²) < 4.78 is 18.9. The van der Waals surface area contributed by atoms with E-state index in [1.165, 1.54) is 11.6 Å². The summed E-state index contributed by atoms with van der Waals surface area (Å²) in [6.45, 7) is 4.10. The quantitative estimate of drug-likeness (QED) is 0.863. The molecule has 0 heterocycles. The monoisotopic (exact) mass is 287 g/mol. The molecule has 21 heavy (non-hydrogen) atoms. The standard InChI is InChI=1S/C18H22FNO/c1-13(12-15-8-10-16(21-3)11-9-15)20-14(2)17-6-4-5-7-18(17)19/h4-11,13-14,20H,12H2,1-3H3/t13?,14-/m1/s1. The van der Waals surface area contributed by atoms with Gasteiger partial charge < -0.3 is 10.1 Å². The van der Waals surface area contributed by atoms with Crippen LogP contribution in [0.3, 0.4) is 0 Å². The first kappa shape index (κ1) is 15.5. The number of hydrogen-bond acceptors (Lipinski definition) is 2. The van der Waals surface area contributed by atoms with Crippen LogP contribution in [0.4, 0.5) is 4.39 Å². The highest BCUT2D eigenvalue weighted by molar-refractivity contribution is 5.27. The molecule has 0 fully saturated rings. The first-order valence-electron chi connectivity index (χ1n) is 7.23. The molecule has 3 heteroatoms. The normalized spacial score (nSPS) is 13.7. The fraction of sp³-hybridized carbons (Fsp3) is 0.333. The zero-order chi connectivity index (χ0) is 15.2. The number of methoxy groups -OCH3 is 1. The van der Waals surface area contributed by atoms with Gasteiger partial charge in [0.05, 0.1) is 7.11 Å². The van der Waals surface area contributed by atoms with Gasteiger partial charge in [0.1, 0.15) is 11.6 Å². The van der Waals surface area contributed by atoms with Crippen molar-refractivity contribution >= 4 is 0 Å². The molecular formula is C18H22FNO. The second kappa shape index (κ2) is 7.23. The highest BCUT2D eigenvalue weighted by atomic mass is 19.1. The van der Waals surface area contributed by atoms with Crippen molar-refractivity contribution in [2.45, 2.75) is 32.4 Å². The summed E-state index contributed by atoms with van der Waals surface area (Å²) in [6, 6.07) is 15.2. The second-order valence-electron chi connectivity index (χ2n) is 5.36. The number of ether oxygens (including phenoxy) is 1. The second-order valence-corrected chi connectivity index (χ2v) is 5.36. The number of nitrogens with one attached hydrogen (secondary N) is 1. The molecular weight excluding hydrogens is 265 g/mol. The van der Waals surface area contributed by atoms with Crippen LogP contribution in [0.15, 0.2) is 48.5 Å². The van der Waals surface area contributed by atoms with Gasteiger partial charge in [-0.05, 0) is 44.0 Å². The molecule has 0 radical (unpaired) electrons.